The van der Waals surface area contributed by atoms with E-state index in [4.69, 9.17) is 18.9 Å². The van der Waals surface area contributed by atoms with E-state index in [1.165, 1.54) is 40.4 Å². The van der Waals surface area contributed by atoms with E-state index in [-0.39, 0.29) is 11.5 Å². The van der Waals surface area contributed by atoms with Gasteiger partial charge in [-0.25, -0.2) is 4.79 Å². The molecule has 0 aliphatic heterocycles. The van der Waals surface area contributed by atoms with Gasteiger partial charge in [0.05, 0.1) is 26.9 Å². The molecule has 0 aliphatic rings. The highest BCUT2D eigenvalue weighted by atomic mass is 16.5. The number of nitrogens with one attached hydrogen (secondary N) is 1. The highest BCUT2D eigenvalue weighted by Gasteiger charge is 2.22. The first-order valence-electron chi connectivity index (χ1n) is 8.32. The minimum atomic E-state index is -0.958. The number of hydrogen-bond acceptors (Lipinski definition) is 6. The number of esters is 1. The van der Waals surface area contributed by atoms with Gasteiger partial charge < -0.3 is 24.3 Å². The van der Waals surface area contributed by atoms with E-state index in [0.29, 0.717) is 23.8 Å². The maximum absolute atomic E-state index is 12.4. The first-order chi connectivity index (χ1) is 13.0. The Morgan fingerprint density at radius 1 is 0.963 bits per heavy atom. The first-order valence-corrected chi connectivity index (χ1v) is 8.32. The lowest BCUT2D eigenvalue weighted by atomic mass is 10.2. The average Bonchev–Trinajstić information content (AvgIpc) is 2.71. The Kier molecular flexibility index (Phi) is 7.05. The maximum atomic E-state index is 12.4. The summed E-state index contributed by atoms with van der Waals surface area (Å²) in [6, 6.07) is 12.4. The lowest BCUT2D eigenvalue weighted by Crippen LogP contribution is -2.35. The quantitative estimate of drug-likeness (QED) is 0.716. The van der Waals surface area contributed by atoms with Crippen LogP contribution in [0.1, 0.15) is 22.8 Å². The predicted octanol–water partition coefficient (Wildman–Crippen LogP) is 2.57. The minimum absolute atomic E-state index is 0.187. The smallest absolute Gasteiger partial charge is 0.339 e. The van der Waals surface area contributed by atoms with E-state index in [2.05, 4.69) is 5.32 Å². The number of hydrogen-bond donors (Lipinski definition) is 1. The number of methoxy groups -OCH3 is 3. The molecule has 2 aromatic carbocycles. The molecular formula is C20H23NO6. The van der Waals surface area contributed by atoms with Crippen LogP contribution in [0.3, 0.4) is 0 Å². The number of carbonyl (C=O) groups is 2. The van der Waals surface area contributed by atoms with Crippen molar-refractivity contribution in [1.82, 2.24) is 5.32 Å². The van der Waals surface area contributed by atoms with Crippen molar-refractivity contribution < 1.29 is 28.5 Å². The van der Waals surface area contributed by atoms with E-state index in [9.17, 15) is 9.59 Å². The number of carbonyl (C=O) groups excluding carboxylic acids is 2. The number of benzene rings is 2. The van der Waals surface area contributed by atoms with E-state index < -0.39 is 12.1 Å². The molecule has 0 aromatic heterocycles. The average molecular weight is 373 g/mol. The predicted molar refractivity (Wildman–Crippen MR) is 99.3 cm³/mol. The highest BCUT2D eigenvalue weighted by Crippen LogP contribution is 2.38. The molecule has 0 unspecified atom stereocenters. The van der Waals surface area contributed by atoms with Gasteiger partial charge in [0.15, 0.2) is 17.6 Å². The fourth-order valence-electron chi connectivity index (χ4n) is 2.41. The van der Waals surface area contributed by atoms with Crippen LogP contribution in [0.25, 0.3) is 0 Å². The summed E-state index contributed by atoms with van der Waals surface area (Å²) in [5.74, 6) is -0.0450. The van der Waals surface area contributed by atoms with Gasteiger partial charge in [-0.2, -0.15) is 0 Å². The summed E-state index contributed by atoms with van der Waals surface area (Å²) >= 11 is 0. The van der Waals surface area contributed by atoms with Crippen molar-refractivity contribution in [1.29, 1.82) is 0 Å². The number of rotatable bonds is 8. The monoisotopic (exact) mass is 373 g/mol. The second kappa shape index (κ2) is 9.47. The van der Waals surface area contributed by atoms with Crippen molar-refractivity contribution in [3.05, 3.63) is 53.6 Å². The van der Waals surface area contributed by atoms with E-state index in [1.807, 2.05) is 30.3 Å². The van der Waals surface area contributed by atoms with Crippen molar-refractivity contribution >= 4 is 11.9 Å². The van der Waals surface area contributed by atoms with Gasteiger partial charge in [0, 0.05) is 6.54 Å². The van der Waals surface area contributed by atoms with Crippen LogP contribution in [0, 0.1) is 0 Å². The third kappa shape index (κ3) is 5.13. The minimum Gasteiger partial charge on any atom is -0.493 e. The van der Waals surface area contributed by atoms with Gasteiger partial charge in [-0.1, -0.05) is 30.3 Å². The SMILES string of the molecule is COc1cc(C(=O)O[C@@H](C)C(=O)NCc2ccccc2)cc(OC)c1OC. The molecule has 0 saturated carbocycles. The zero-order valence-electron chi connectivity index (χ0n) is 15.8. The molecule has 7 heteroatoms. The summed E-state index contributed by atoms with van der Waals surface area (Å²) < 4.78 is 20.9. The van der Waals surface area contributed by atoms with Gasteiger partial charge in [0.1, 0.15) is 0 Å². The van der Waals surface area contributed by atoms with Gasteiger partial charge in [-0.15, -0.1) is 0 Å². The number of amides is 1. The third-order valence-corrected chi connectivity index (χ3v) is 3.86. The molecule has 0 aliphatic carbocycles. The lowest BCUT2D eigenvalue weighted by molar-refractivity contribution is -0.129. The van der Waals surface area contributed by atoms with E-state index >= 15 is 0 Å². The van der Waals surface area contributed by atoms with Gasteiger partial charge in [-0.3, -0.25) is 4.79 Å². The second-order valence-corrected chi connectivity index (χ2v) is 5.66. The summed E-state index contributed by atoms with van der Waals surface area (Å²) in [4.78, 5) is 24.6. The van der Waals surface area contributed by atoms with Crippen LogP contribution in [0.2, 0.25) is 0 Å². The molecule has 0 saturated heterocycles. The standard InChI is InChI=1S/C20H23NO6/c1-13(19(22)21-12-14-8-6-5-7-9-14)27-20(23)15-10-16(24-2)18(26-4)17(11-15)25-3/h5-11,13H,12H2,1-4H3,(H,21,22)/t13-/m0/s1. The Labute approximate surface area is 158 Å². The fourth-order valence-corrected chi connectivity index (χ4v) is 2.41. The Balaban J connectivity index is 2.04. The summed E-state index contributed by atoms with van der Waals surface area (Å²) in [6.45, 7) is 1.86. The van der Waals surface area contributed by atoms with Crippen molar-refractivity contribution in [2.75, 3.05) is 21.3 Å². The Bertz CT molecular complexity index is 765. The van der Waals surface area contributed by atoms with Crippen LogP contribution in [0.15, 0.2) is 42.5 Å². The Morgan fingerprint density at radius 2 is 1.56 bits per heavy atom. The zero-order chi connectivity index (χ0) is 19.8. The summed E-state index contributed by atoms with van der Waals surface area (Å²) in [5, 5.41) is 2.73. The van der Waals surface area contributed by atoms with E-state index in [0.717, 1.165) is 5.56 Å². The van der Waals surface area contributed by atoms with Crippen LogP contribution < -0.4 is 19.5 Å². The van der Waals surface area contributed by atoms with Crippen molar-refractivity contribution in [2.45, 2.75) is 19.6 Å². The topological polar surface area (TPSA) is 83.1 Å². The second-order valence-electron chi connectivity index (χ2n) is 5.66. The molecule has 1 atom stereocenters. The molecule has 1 N–H and O–H groups in total. The van der Waals surface area contributed by atoms with Crippen LogP contribution in [0.5, 0.6) is 17.2 Å². The molecule has 0 fully saturated rings. The molecule has 0 spiro atoms. The molecule has 144 valence electrons. The largest absolute Gasteiger partial charge is 0.493 e. The van der Waals surface area contributed by atoms with E-state index in [1.54, 1.807) is 0 Å². The summed E-state index contributed by atoms with van der Waals surface area (Å²) in [6.07, 6.45) is -0.958. The highest BCUT2D eigenvalue weighted by molar-refractivity contribution is 5.93. The van der Waals surface area contributed by atoms with Crippen LogP contribution >= 0.6 is 0 Å². The van der Waals surface area contributed by atoms with Crippen LogP contribution in [0.4, 0.5) is 0 Å². The molecule has 0 bridgehead atoms. The first kappa shape index (κ1) is 20.1. The number of ether oxygens (including phenoxy) is 4. The fraction of sp³-hybridized carbons (Fsp3) is 0.300. The molecule has 2 aromatic rings. The van der Waals surface area contributed by atoms with Gasteiger partial charge in [-0.05, 0) is 24.6 Å². The van der Waals surface area contributed by atoms with Crippen LogP contribution in [-0.4, -0.2) is 39.3 Å². The molecule has 0 heterocycles. The Hall–Kier alpha value is -3.22. The summed E-state index contributed by atoms with van der Waals surface area (Å²) in [7, 11) is 4.37. The molecule has 0 radical (unpaired) electrons. The lowest BCUT2D eigenvalue weighted by Gasteiger charge is -2.16. The normalized spacial score (nSPS) is 11.3. The summed E-state index contributed by atoms with van der Waals surface area (Å²) in [5.41, 5.74) is 1.14. The van der Waals surface area contributed by atoms with Crippen molar-refractivity contribution in [3.8, 4) is 17.2 Å². The van der Waals surface area contributed by atoms with Gasteiger partial charge >= 0.3 is 5.97 Å². The molecule has 1 amide bonds. The zero-order valence-corrected chi connectivity index (χ0v) is 15.8. The van der Waals surface area contributed by atoms with Gasteiger partial charge in [0.2, 0.25) is 5.75 Å². The molecule has 7 nitrogen and oxygen atoms in total. The van der Waals surface area contributed by atoms with Crippen LogP contribution in [-0.2, 0) is 16.1 Å². The molecule has 27 heavy (non-hydrogen) atoms. The Morgan fingerprint density at radius 3 is 2.07 bits per heavy atom. The van der Waals surface area contributed by atoms with Crippen molar-refractivity contribution in [3.63, 3.8) is 0 Å². The van der Waals surface area contributed by atoms with Gasteiger partial charge in [0.25, 0.3) is 5.91 Å². The third-order valence-electron chi connectivity index (χ3n) is 3.86. The maximum Gasteiger partial charge on any atom is 0.339 e. The molecule has 2 rings (SSSR count). The van der Waals surface area contributed by atoms with Crippen molar-refractivity contribution in [2.24, 2.45) is 0 Å². The molecular weight excluding hydrogens is 350 g/mol.